The van der Waals surface area contributed by atoms with Crippen molar-refractivity contribution in [2.45, 2.75) is 51.5 Å². The van der Waals surface area contributed by atoms with E-state index in [0.717, 1.165) is 31.4 Å². The Morgan fingerprint density at radius 1 is 0.781 bits per heavy atom. The number of rotatable bonds is 19. The number of hydrogen-bond donors (Lipinski definition) is 0. The largest absolute Gasteiger partial charge is 0.500 e. The van der Waals surface area contributed by atoms with E-state index < -0.39 is 26.2 Å². The second-order valence-corrected chi connectivity index (χ2v) is 10.4. The van der Waals surface area contributed by atoms with Crippen LogP contribution in [0.25, 0.3) is 0 Å². The van der Waals surface area contributed by atoms with Gasteiger partial charge in [0.05, 0.1) is 5.41 Å². The second-order valence-electron chi connectivity index (χ2n) is 7.35. The zero-order valence-corrected chi connectivity index (χ0v) is 20.8. The molecule has 0 radical (unpaired) electrons. The quantitative estimate of drug-likeness (QED) is 0.0917. The molecule has 0 aliphatic heterocycles. The first-order valence-electron chi connectivity index (χ1n) is 10.7. The Morgan fingerprint density at radius 2 is 1.25 bits per heavy atom. The number of esters is 3. The van der Waals surface area contributed by atoms with Crippen molar-refractivity contribution in [3.8, 4) is 0 Å². The summed E-state index contributed by atoms with van der Waals surface area (Å²) in [6.45, 7) is 8.36. The van der Waals surface area contributed by atoms with Gasteiger partial charge in [0.1, 0.15) is 19.8 Å². The number of ether oxygens (including phenoxy) is 3. The Morgan fingerprint density at radius 3 is 1.69 bits per heavy atom. The maximum absolute atomic E-state index is 12.2. The first-order chi connectivity index (χ1) is 15.3. The van der Waals surface area contributed by atoms with E-state index in [1.807, 2.05) is 6.92 Å². The van der Waals surface area contributed by atoms with Crippen LogP contribution >= 0.6 is 0 Å². The van der Waals surface area contributed by atoms with Gasteiger partial charge < -0.3 is 27.5 Å². The molecule has 0 unspecified atom stereocenters. The summed E-state index contributed by atoms with van der Waals surface area (Å²) >= 11 is 0. The van der Waals surface area contributed by atoms with E-state index >= 15 is 0 Å². The van der Waals surface area contributed by atoms with Crippen molar-refractivity contribution in [1.82, 2.24) is 0 Å². The Balaban J connectivity index is 4.52. The summed E-state index contributed by atoms with van der Waals surface area (Å²) in [5.74, 6) is -1.57. The van der Waals surface area contributed by atoms with Crippen LogP contribution in [0.4, 0.5) is 0 Å². The van der Waals surface area contributed by atoms with Crippen molar-refractivity contribution in [2.24, 2.45) is 5.41 Å². The number of carbonyl (C=O) groups is 3. The highest BCUT2D eigenvalue weighted by molar-refractivity contribution is 6.60. The monoisotopic (exact) mass is 474 g/mol. The molecule has 0 aromatic rings. The number of unbranched alkanes of at least 4 members (excludes halogenated alkanes) is 3. The fraction of sp³-hybridized carbons (Fsp3) is 0.682. The fourth-order valence-corrected chi connectivity index (χ4v) is 4.62. The van der Waals surface area contributed by atoms with Crippen molar-refractivity contribution in [3.05, 3.63) is 25.3 Å². The fourth-order valence-electron chi connectivity index (χ4n) is 2.82. The summed E-state index contributed by atoms with van der Waals surface area (Å²) in [6, 6.07) is 0.715. The Hall–Kier alpha value is -2.01. The van der Waals surface area contributed by atoms with Crippen molar-refractivity contribution in [1.29, 1.82) is 0 Å². The van der Waals surface area contributed by atoms with Gasteiger partial charge in [-0.2, -0.15) is 0 Å². The van der Waals surface area contributed by atoms with Crippen LogP contribution < -0.4 is 0 Å². The summed E-state index contributed by atoms with van der Waals surface area (Å²) in [4.78, 5) is 35.1. The minimum absolute atomic E-state index is 0.0409. The molecule has 0 aromatic heterocycles. The molecule has 10 heteroatoms. The van der Waals surface area contributed by atoms with E-state index in [-0.39, 0.29) is 32.2 Å². The van der Waals surface area contributed by atoms with Gasteiger partial charge in [-0.1, -0.05) is 32.9 Å². The van der Waals surface area contributed by atoms with E-state index in [4.69, 9.17) is 27.5 Å². The summed E-state index contributed by atoms with van der Waals surface area (Å²) in [6.07, 6.45) is 6.12. The Bertz CT molecular complexity index is 570. The lowest BCUT2D eigenvalue weighted by Gasteiger charge is -2.30. The normalized spacial score (nSPS) is 11.5. The first-order valence-corrected chi connectivity index (χ1v) is 12.6. The molecule has 0 atom stereocenters. The van der Waals surface area contributed by atoms with E-state index in [1.54, 1.807) is 21.3 Å². The lowest BCUT2D eigenvalue weighted by Crippen LogP contribution is -2.42. The SMILES string of the molecule is C=CC(=O)OCC(CC)(COC(=O)C=C)COC(=O)CCCCCC[Si](OC)(OC)OC. The third-order valence-electron chi connectivity index (χ3n) is 5.21. The minimum atomic E-state index is -2.55. The summed E-state index contributed by atoms with van der Waals surface area (Å²) < 4.78 is 31.8. The lowest BCUT2D eigenvalue weighted by atomic mass is 9.88. The molecule has 0 fully saturated rings. The van der Waals surface area contributed by atoms with Gasteiger partial charge in [0.2, 0.25) is 0 Å². The Kier molecular flexibility index (Phi) is 15.6. The van der Waals surface area contributed by atoms with Gasteiger partial charge in [0.15, 0.2) is 0 Å². The van der Waals surface area contributed by atoms with Gasteiger partial charge in [-0.15, -0.1) is 0 Å². The molecule has 0 saturated carbocycles. The van der Waals surface area contributed by atoms with Crippen molar-refractivity contribution in [3.63, 3.8) is 0 Å². The highest BCUT2D eigenvalue weighted by Gasteiger charge is 2.37. The lowest BCUT2D eigenvalue weighted by molar-refractivity contribution is -0.158. The van der Waals surface area contributed by atoms with Crippen LogP contribution in [-0.2, 0) is 41.9 Å². The highest BCUT2D eigenvalue weighted by Crippen LogP contribution is 2.25. The van der Waals surface area contributed by atoms with Crippen molar-refractivity contribution < 1.29 is 41.9 Å². The van der Waals surface area contributed by atoms with Crippen LogP contribution in [0.1, 0.15) is 45.4 Å². The molecule has 0 bridgehead atoms. The summed E-state index contributed by atoms with van der Waals surface area (Å²) in [7, 11) is 2.21. The minimum Gasteiger partial charge on any atom is -0.465 e. The number of carbonyl (C=O) groups excluding carboxylic acids is 3. The molecule has 32 heavy (non-hydrogen) atoms. The van der Waals surface area contributed by atoms with Gasteiger partial charge in [0.25, 0.3) is 0 Å². The third kappa shape index (κ3) is 11.6. The smallest absolute Gasteiger partial charge is 0.465 e. The highest BCUT2D eigenvalue weighted by atomic mass is 28.4. The zero-order valence-electron chi connectivity index (χ0n) is 19.8. The molecule has 0 N–H and O–H groups in total. The third-order valence-corrected chi connectivity index (χ3v) is 8.04. The standard InChI is InChI=1S/C22H38O9Si/c1-7-19(23)29-16-22(9-3,17-30-20(24)8-2)18-31-21(25)14-12-10-11-13-15-32(26-4,27-5)28-6/h7-8H,1-2,9-18H2,3-6H3. The van der Waals surface area contributed by atoms with Crippen LogP contribution in [0.5, 0.6) is 0 Å². The maximum atomic E-state index is 12.2. The van der Waals surface area contributed by atoms with Crippen LogP contribution in [0.3, 0.4) is 0 Å². The predicted molar refractivity (Wildman–Crippen MR) is 121 cm³/mol. The molecule has 0 amide bonds. The van der Waals surface area contributed by atoms with Crippen molar-refractivity contribution >= 4 is 26.7 Å². The molecular weight excluding hydrogens is 436 g/mol. The van der Waals surface area contributed by atoms with Gasteiger partial charge in [-0.25, -0.2) is 9.59 Å². The van der Waals surface area contributed by atoms with Crippen LogP contribution in [0.2, 0.25) is 6.04 Å². The van der Waals surface area contributed by atoms with Gasteiger partial charge in [-0.05, 0) is 19.3 Å². The molecule has 0 spiro atoms. The van der Waals surface area contributed by atoms with E-state index in [2.05, 4.69) is 13.2 Å². The average molecular weight is 475 g/mol. The predicted octanol–water partition coefficient (Wildman–Crippen LogP) is 3.21. The van der Waals surface area contributed by atoms with Crippen LogP contribution in [0.15, 0.2) is 25.3 Å². The van der Waals surface area contributed by atoms with Gasteiger partial charge in [-0.3, -0.25) is 4.79 Å². The van der Waals surface area contributed by atoms with Crippen LogP contribution in [0, 0.1) is 5.41 Å². The van der Waals surface area contributed by atoms with Crippen LogP contribution in [-0.4, -0.2) is 67.9 Å². The Labute approximate surface area is 192 Å². The second kappa shape index (κ2) is 16.6. The van der Waals surface area contributed by atoms with Gasteiger partial charge in [0, 0.05) is 45.9 Å². The molecule has 0 heterocycles. The van der Waals surface area contributed by atoms with Gasteiger partial charge >= 0.3 is 26.7 Å². The maximum Gasteiger partial charge on any atom is 0.500 e. The summed E-state index contributed by atoms with van der Waals surface area (Å²) in [5, 5.41) is 0. The molecule has 184 valence electrons. The van der Waals surface area contributed by atoms with Crippen molar-refractivity contribution in [2.75, 3.05) is 41.2 Å². The average Bonchev–Trinajstić information content (AvgIpc) is 2.83. The topological polar surface area (TPSA) is 107 Å². The van der Waals surface area contributed by atoms with E-state index in [9.17, 15) is 14.4 Å². The molecule has 0 rings (SSSR count). The molecule has 9 nitrogen and oxygen atoms in total. The summed E-state index contributed by atoms with van der Waals surface area (Å²) in [5.41, 5.74) is -0.846. The molecule has 0 saturated heterocycles. The first kappa shape index (κ1) is 30.0. The van der Waals surface area contributed by atoms with E-state index in [0.29, 0.717) is 18.9 Å². The molecule has 0 aliphatic rings. The zero-order chi connectivity index (χ0) is 24.5. The molecule has 0 aliphatic carbocycles. The molecule has 0 aromatic carbocycles. The number of hydrogen-bond acceptors (Lipinski definition) is 9. The molecular formula is C22H38O9Si. The van der Waals surface area contributed by atoms with E-state index in [1.165, 1.54) is 0 Å².